The van der Waals surface area contributed by atoms with Crippen molar-refractivity contribution in [2.24, 2.45) is 0 Å². The van der Waals surface area contributed by atoms with Crippen LogP contribution in [0.15, 0.2) is 24.5 Å². The quantitative estimate of drug-likeness (QED) is 0.736. The lowest BCUT2D eigenvalue weighted by Crippen LogP contribution is -2.39. The maximum absolute atomic E-state index is 11.5. The van der Waals surface area contributed by atoms with Crippen molar-refractivity contribution in [2.75, 3.05) is 20.2 Å². The van der Waals surface area contributed by atoms with Crippen LogP contribution in [0.2, 0.25) is 0 Å². The van der Waals surface area contributed by atoms with Crippen molar-refractivity contribution in [1.82, 2.24) is 9.88 Å². The summed E-state index contributed by atoms with van der Waals surface area (Å²) < 4.78 is 4.80. The zero-order valence-electron chi connectivity index (χ0n) is 11.5. The Balaban J connectivity index is 1.91. The molecule has 4 heteroatoms. The maximum Gasteiger partial charge on any atom is 0.319 e. The van der Waals surface area contributed by atoms with Crippen LogP contribution in [0.3, 0.4) is 0 Å². The fourth-order valence-electron chi connectivity index (χ4n) is 2.71. The Labute approximate surface area is 114 Å². The molecule has 4 nitrogen and oxygen atoms in total. The van der Waals surface area contributed by atoms with E-state index < -0.39 is 0 Å². The van der Waals surface area contributed by atoms with E-state index in [9.17, 15) is 4.79 Å². The third kappa shape index (κ3) is 4.31. The first-order valence-electron chi connectivity index (χ1n) is 6.99. The number of hydrogen-bond donors (Lipinski definition) is 0. The molecule has 1 aliphatic carbocycles. The fraction of sp³-hybridized carbons (Fsp3) is 0.600. The predicted molar refractivity (Wildman–Crippen MR) is 73.8 cm³/mol. The molecule has 1 heterocycles. The van der Waals surface area contributed by atoms with Crippen LogP contribution in [0.5, 0.6) is 0 Å². The van der Waals surface area contributed by atoms with Crippen molar-refractivity contribution in [1.29, 1.82) is 0 Å². The Morgan fingerprint density at radius 1 is 1.47 bits per heavy atom. The van der Waals surface area contributed by atoms with E-state index >= 15 is 0 Å². The summed E-state index contributed by atoms with van der Waals surface area (Å²) in [7, 11) is 1.45. The van der Waals surface area contributed by atoms with Crippen molar-refractivity contribution in [3.05, 3.63) is 30.1 Å². The monoisotopic (exact) mass is 262 g/mol. The molecule has 0 radical (unpaired) electrons. The molecule has 1 aliphatic rings. The van der Waals surface area contributed by atoms with Crippen molar-refractivity contribution in [2.45, 2.75) is 38.1 Å². The minimum absolute atomic E-state index is 0.141. The summed E-state index contributed by atoms with van der Waals surface area (Å²) in [5, 5.41) is 0. The largest absolute Gasteiger partial charge is 0.468 e. The summed E-state index contributed by atoms with van der Waals surface area (Å²) in [5.41, 5.74) is 1.22. The minimum Gasteiger partial charge on any atom is -0.468 e. The molecule has 19 heavy (non-hydrogen) atoms. The van der Waals surface area contributed by atoms with E-state index in [1.807, 2.05) is 12.3 Å². The van der Waals surface area contributed by atoms with E-state index in [-0.39, 0.29) is 5.97 Å². The highest BCUT2D eigenvalue weighted by Gasteiger charge is 2.24. The molecule has 0 spiro atoms. The fourth-order valence-corrected chi connectivity index (χ4v) is 2.71. The minimum atomic E-state index is -0.141. The standard InChI is InChI=1S/C15H22N2O2/c1-19-15(18)12-17(14-6-2-3-7-14)10-8-13-5-4-9-16-11-13/h4-5,9,11,14H,2-3,6-8,10,12H2,1H3. The average Bonchev–Trinajstić information content (AvgIpc) is 2.98. The summed E-state index contributed by atoms with van der Waals surface area (Å²) in [6.07, 6.45) is 9.55. The second-order valence-electron chi connectivity index (χ2n) is 5.10. The summed E-state index contributed by atoms with van der Waals surface area (Å²) >= 11 is 0. The Morgan fingerprint density at radius 2 is 2.26 bits per heavy atom. The van der Waals surface area contributed by atoms with Crippen molar-refractivity contribution in [3.63, 3.8) is 0 Å². The number of carbonyl (C=O) groups is 1. The second kappa shape index (κ2) is 7.24. The molecule has 0 bridgehead atoms. The lowest BCUT2D eigenvalue weighted by molar-refractivity contribution is -0.142. The van der Waals surface area contributed by atoms with E-state index in [4.69, 9.17) is 4.74 Å². The van der Waals surface area contributed by atoms with Gasteiger partial charge in [-0.2, -0.15) is 0 Å². The summed E-state index contributed by atoms with van der Waals surface area (Å²) in [5.74, 6) is -0.141. The lowest BCUT2D eigenvalue weighted by atomic mass is 10.1. The molecule has 1 saturated carbocycles. The van der Waals surface area contributed by atoms with E-state index in [1.54, 1.807) is 6.20 Å². The van der Waals surface area contributed by atoms with E-state index in [0.717, 1.165) is 13.0 Å². The SMILES string of the molecule is COC(=O)CN(CCc1cccnc1)C1CCCC1. The van der Waals surface area contributed by atoms with Gasteiger partial charge in [-0.25, -0.2) is 0 Å². The first-order valence-corrected chi connectivity index (χ1v) is 6.99. The van der Waals surface area contributed by atoms with Gasteiger partial charge in [0.15, 0.2) is 0 Å². The number of pyridine rings is 1. The van der Waals surface area contributed by atoms with E-state index in [0.29, 0.717) is 12.6 Å². The average molecular weight is 262 g/mol. The van der Waals surface area contributed by atoms with Gasteiger partial charge < -0.3 is 4.74 Å². The molecule has 0 amide bonds. The molecule has 0 aromatic carbocycles. The number of ether oxygens (including phenoxy) is 1. The molecule has 1 aromatic heterocycles. The van der Waals surface area contributed by atoms with Gasteiger partial charge >= 0.3 is 5.97 Å². The highest BCUT2D eigenvalue weighted by atomic mass is 16.5. The number of aromatic nitrogens is 1. The Morgan fingerprint density at radius 3 is 2.89 bits per heavy atom. The third-order valence-electron chi connectivity index (χ3n) is 3.81. The zero-order valence-corrected chi connectivity index (χ0v) is 11.5. The highest BCUT2D eigenvalue weighted by Crippen LogP contribution is 2.23. The van der Waals surface area contributed by atoms with E-state index in [1.165, 1.54) is 38.4 Å². The molecule has 1 fully saturated rings. The lowest BCUT2D eigenvalue weighted by Gasteiger charge is -2.27. The molecule has 0 unspecified atom stereocenters. The van der Waals surface area contributed by atoms with Gasteiger partial charge in [-0.1, -0.05) is 18.9 Å². The Hall–Kier alpha value is -1.42. The number of methoxy groups -OCH3 is 1. The topological polar surface area (TPSA) is 42.4 Å². The number of hydrogen-bond acceptors (Lipinski definition) is 4. The molecule has 2 rings (SSSR count). The van der Waals surface area contributed by atoms with Gasteiger partial charge in [-0.05, 0) is 30.9 Å². The van der Waals surface area contributed by atoms with Gasteiger partial charge in [0.25, 0.3) is 0 Å². The number of esters is 1. The molecule has 1 aromatic rings. The van der Waals surface area contributed by atoms with Crippen LogP contribution in [-0.4, -0.2) is 42.1 Å². The smallest absolute Gasteiger partial charge is 0.319 e. The number of rotatable bonds is 6. The summed E-state index contributed by atoms with van der Waals surface area (Å²) in [4.78, 5) is 17.9. The second-order valence-corrected chi connectivity index (χ2v) is 5.10. The van der Waals surface area contributed by atoms with Gasteiger partial charge in [-0.15, -0.1) is 0 Å². The molecule has 104 valence electrons. The molecule has 0 atom stereocenters. The highest BCUT2D eigenvalue weighted by molar-refractivity contribution is 5.71. The van der Waals surface area contributed by atoms with Crippen LogP contribution >= 0.6 is 0 Å². The van der Waals surface area contributed by atoms with Crippen molar-refractivity contribution >= 4 is 5.97 Å². The maximum atomic E-state index is 11.5. The Bertz CT molecular complexity index is 388. The molecular formula is C15H22N2O2. The number of nitrogens with zero attached hydrogens (tertiary/aromatic N) is 2. The molecule has 0 N–H and O–H groups in total. The van der Waals surface area contributed by atoms with Gasteiger partial charge in [0.1, 0.15) is 0 Å². The first kappa shape index (κ1) is 14.0. The summed E-state index contributed by atoms with van der Waals surface area (Å²) in [6, 6.07) is 4.57. The first-order chi connectivity index (χ1) is 9.29. The van der Waals surface area contributed by atoms with Gasteiger partial charge in [0.2, 0.25) is 0 Å². The van der Waals surface area contributed by atoms with Gasteiger partial charge in [0.05, 0.1) is 13.7 Å². The van der Waals surface area contributed by atoms with Crippen LogP contribution in [0.1, 0.15) is 31.2 Å². The van der Waals surface area contributed by atoms with Crippen molar-refractivity contribution < 1.29 is 9.53 Å². The predicted octanol–water partition coefficient (Wildman–Crippen LogP) is 2.04. The van der Waals surface area contributed by atoms with Crippen LogP contribution in [0.25, 0.3) is 0 Å². The zero-order chi connectivity index (χ0) is 13.5. The number of carbonyl (C=O) groups excluding carboxylic acids is 1. The van der Waals surface area contributed by atoms with Crippen LogP contribution in [0, 0.1) is 0 Å². The molecule has 0 aliphatic heterocycles. The van der Waals surface area contributed by atoms with Crippen molar-refractivity contribution in [3.8, 4) is 0 Å². The third-order valence-corrected chi connectivity index (χ3v) is 3.81. The van der Waals surface area contributed by atoms with Gasteiger partial charge in [-0.3, -0.25) is 14.7 Å². The Kier molecular flexibility index (Phi) is 5.33. The van der Waals surface area contributed by atoms with Crippen LogP contribution < -0.4 is 0 Å². The van der Waals surface area contributed by atoms with E-state index in [2.05, 4.69) is 16.0 Å². The summed E-state index contributed by atoms with van der Waals surface area (Å²) in [6.45, 7) is 1.30. The van der Waals surface area contributed by atoms with Crippen LogP contribution in [0.4, 0.5) is 0 Å². The molecule has 0 saturated heterocycles. The van der Waals surface area contributed by atoms with Gasteiger partial charge in [0, 0.05) is 25.0 Å². The molecular weight excluding hydrogens is 240 g/mol. The normalized spacial score (nSPS) is 15.9. The van der Waals surface area contributed by atoms with Crippen LogP contribution in [-0.2, 0) is 16.0 Å².